The molecule has 2 aromatic carbocycles. The van der Waals surface area contributed by atoms with Crippen LogP contribution in [0.15, 0.2) is 42.5 Å². The fraction of sp³-hybridized carbons (Fsp3) is 0.423. The van der Waals surface area contributed by atoms with Gasteiger partial charge in [-0.15, -0.1) is 0 Å². The van der Waals surface area contributed by atoms with Crippen LogP contribution in [0.4, 0.5) is 4.39 Å². The first-order chi connectivity index (χ1) is 14.2. The molecule has 0 atom stereocenters. The molecule has 0 amide bonds. The highest BCUT2D eigenvalue weighted by atomic mass is 19.1. The van der Waals surface area contributed by atoms with E-state index in [4.69, 9.17) is 0 Å². The van der Waals surface area contributed by atoms with Crippen LogP contribution in [0.25, 0.3) is 5.57 Å². The second-order valence-corrected chi connectivity index (χ2v) is 8.47. The van der Waals surface area contributed by atoms with Crippen molar-refractivity contribution in [3.05, 3.63) is 75.9 Å². The van der Waals surface area contributed by atoms with Crippen molar-refractivity contribution in [3.63, 3.8) is 0 Å². The summed E-state index contributed by atoms with van der Waals surface area (Å²) in [5, 5.41) is 9.65. The molecule has 1 aliphatic carbocycles. The van der Waals surface area contributed by atoms with Crippen LogP contribution in [0.1, 0.15) is 52.6 Å². The summed E-state index contributed by atoms with van der Waals surface area (Å²) >= 11 is 0. The molecule has 0 unspecified atom stereocenters. The molecule has 0 aromatic heterocycles. The quantitative estimate of drug-likeness (QED) is 0.656. The standard InChI is InChI=1S/C26H29FN2/c1-19-7-12-25-23(5-2-3-6-24(25)26(19)16-28)22-10-8-20(9-11-22)15-21-17-29(18-21)14-4-13-27/h5,7-12,21H,2-4,6,13-15,17-18H2,1H3. The molecule has 150 valence electrons. The average Bonchev–Trinajstić information content (AvgIpc) is 2.92. The zero-order valence-corrected chi connectivity index (χ0v) is 17.3. The van der Waals surface area contributed by atoms with Crippen molar-refractivity contribution in [3.8, 4) is 6.07 Å². The van der Waals surface area contributed by atoms with Gasteiger partial charge in [0.2, 0.25) is 0 Å². The molecule has 2 nitrogen and oxygen atoms in total. The van der Waals surface area contributed by atoms with Gasteiger partial charge in [0.1, 0.15) is 0 Å². The van der Waals surface area contributed by atoms with Crippen LogP contribution in [0, 0.1) is 24.2 Å². The summed E-state index contributed by atoms with van der Waals surface area (Å²) in [6, 6.07) is 15.7. The van der Waals surface area contributed by atoms with Crippen LogP contribution in [-0.4, -0.2) is 31.2 Å². The van der Waals surface area contributed by atoms with E-state index in [1.165, 1.54) is 27.8 Å². The second kappa shape index (κ2) is 8.93. The first-order valence-electron chi connectivity index (χ1n) is 10.8. The molecule has 3 heteroatoms. The predicted molar refractivity (Wildman–Crippen MR) is 117 cm³/mol. The largest absolute Gasteiger partial charge is 0.303 e. The van der Waals surface area contributed by atoms with Crippen molar-refractivity contribution in [2.24, 2.45) is 5.92 Å². The number of alkyl halides is 1. The summed E-state index contributed by atoms with van der Waals surface area (Å²) in [7, 11) is 0. The van der Waals surface area contributed by atoms with Gasteiger partial charge in [-0.2, -0.15) is 5.26 Å². The van der Waals surface area contributed by atoms with Gasteiger partial charge in [-0.1, -0.05) is 42.5 Å². The summed E-state index contributed by atoms with van der Waals surface area (Å²) in [6.07, 6.45) is 7.20. The SMILES string of the molecule is Cc1ccc2c(c1C#N)CCCC=C2c1ccc(CC2CN(CCCF)C2)cc1. The van der Waals surface area contributed by atoms with Crippen molar-refractivity contribution < 1.29 is 4.39 Å². The molecule has 1 saturated heterocycles. The van der Waals surface area contributed by atoms with Gasteiger partial charge in [0.15, 0.2) is 0 Å². The highest BCUT2D eigenvalue weighted by Gasteiger charge is 2.26. The number of benzene rings is 2. The van der Waals surface area contributed by atoms with E-state index in [0.717, 1.165) is 56.4 Å². The Morgan fingerprint density at radius 1 is 1.14 bits per heavy atom. The smallest absolute Gasteiger partial charge is 0.0997 e. The molecule has 1 heterocycles. The first kappa shape index (κ1) is 19.9. The first-order valence-corrected chi connectivity index (χ1v) is 10.8. The van der Waals surface area contributed by atoms with Crippen LogP contribution in [-0.2, 0) is 12.8 Å². The summed E-state index contributed by atoms with van der Waals surface area (Å²) in [4.78, 5) is 2.35. The summed E-state index contributed by atoms with van der Waals surface area (Å²) in [5.41, 5.74) is 8.24. The Kier molecular flexibility index (Phi) is 6.11. The number of fused-ring (bicyclic) bond motifs is 1. The molecule has 0 N–H and O–H groups in total. The highest BCUT2D eigenvalue weighted by Crippen LogP contribution is 2.34. The lowest BCUT2D eigenvalue weighted by atomic mass is 9.88. The van der Waals surface area contributed by atoms with Gasteiger partial charge >= 0.3 is 0 Å². The number of aryl methyl sites for hydroxylation is 1. The molecule has 29 heavy (non-hydrogen) atoms. The number of hydrogen-bond donors (Lipinski definition) is 0. The van der Waals surface area contributed by atoms with E-state index >= 15 is 0 Å². The van der Waals surface area contributed by atoms with Crippen molar-refractivity contribution in [1.82, 2.24) is 4.90 Å². The minimum absolute atomic E-state index is 0.211. The number of halogens is 1. The van der Waals surface area contributed by atoms with Crippen LogP contribution in [0.5, 0.6) is 0 Å². The molecule has 4 rings (SSSR count). The predicted octanol–water partition coefficient (Wildman–Crippen LogP) is 5.47. The lowest BCUT2D eigenvalue weighted by Gasteiger charge is -2.39. The van der Waals surface area contributed by atoms with Gasteiger partial charge in [-0.05, 0) is 78.3 Å². The third kappa shape index (κ3) is 4.28. The Labute approximate surface area is 173 Å². The molecular weight excluding hydrogens is 359 g/mol. The maximum atomic E-state index is 12.3. The van der Waals surface area contributed by atoms with Crippen LogP contribution in [0.2, 0.25) is 0 Å². The normalized spacial score (nSPS) is 17.1. The van der Waals surface area contributed by atoms with Crippen molar-refractivity contribution >= 4 is 5.57 Å². The van der Waals surface area contributed by atoms with Gasteiger partial charge in [-0.25, -0.2) is 0 Å². The van der Waals surface area contributed by atoms with Gasteiger partial charge in [0.05, 0.1) is 18.3 Å². The Bertz CT molecular complexity index is 930. The van der Waals surface area contributed by atoms with E-state index in [2.05, 4.69) is 53.4 Å². The number of rotatable bonds is 6. The van der Waals surface area contributed by atoms with E-state index in [9.17, 15) is 9.65 Å². The molecule has 2 aliphatic rings. The molecule has 1 fully saturated rings. The van der Waals surface area contributed by atoms with E-state index < -0.39 is 0 Å². The molecule has 1 aliphatic heterocycles. The van der Waals surface area contributed by atoms with Crippen molar-refractivity contribution in [1.29, 1.82) is 5.26 Å². The number of nitrogens with zero attached hydrogens (tertiary/aromatic N) is 2. The molecule has 0 spiro atoms. The Balaban J connectivity index is 1.49. The lowest BCUT2D eigenvalue weighted by Crippen LogP contribution is -2.47. The van der Waals surface area contributed by atoms with Gasteiger partial charge in [-0.3, -0.25) is 4.39 Å². The fourth-order valence-electron chi connectivity index (χ4n) is 4.77. The van der Waals surface area contributed by atoms with E-state index in [1.807, 2.05) is 6.92 Å². The molecule has 0 radical (unpaired) electrons. The molecular formula is C26H29FN2. The third-order valence-corrected chi connectivity index (χ3v) is 6.33. The van der Waals surface area contributed by atoms with Gasteiger partial charge in [0.25, 0.3) is 0 Å². The van der Waals surface area contributed by atoms with E-state index in [-0.39, 0.29) is 6.67 Å². The second-order valence-electron chi connectivity index (χ2n) is 8.47. The Hall–Kier alpha value is -2.44. The maximum Gasteiger partial charge on any atom is 0.0997 e. The van der Waals surface area contributed by atoms with Crippen LogP contribution >= 0.6 is 0 Å². The zero-order chi connectivity index (χ0) is 20.2. The minimum Gasteiger partial charge on any atom is -0.303 e. The maximum absolute atomic E-state index is 12.3. The van der Waals surface area contributed by atoms with Gasteiger partial charge in [0, 0.05) is 19.6 Å². The lowest BCUT2D eigenvalue weighted by molar-refractivity contribution is 0.0968. The summed E-state index contributed by atoms with van der Waals surface area (Å²) in [5.74, 6) is 0.694. The summed E-state index contributed by atoms with van der Waals surface area (Å²) in [6.45, 7) is 4.90. The highest BCUT2D eigenvalue weighted by molar-refractivity contribution is 5.83. The molecule has 0 bridgehead atoms. The number of nitriles is 1. The minimum atomic E-state index is -0.211. The van der Waals surface area contributed by atoms with Crippen molar-refractivity contribution in [2.75, 3.05) is 26.3 Å². The summed E-state index contributed by atoms with van der Waals surface area (Å²) < 4.78 is 12.3. The fourth-order valence-corrected chi connectivity index (χ4v) is 4.77. The average molecular weight is 389 g/mol. The zero-order valence-electron chi connectivity index (χ0n) is 17.3. The van der Waals surface area contributed by atoms with E-state index in [0.29, 0.717) is 12.3 Å². The van der Waals surface area contributed by atoms with Crippen LogP contribution < -0.4 is 0 Å². The van der Waals surface area contributed by atoms with E-state index in [1.54, 1.807) is 0 Å². The Morgan fingerprint density at radius 2 is 1.93 bits per heavy atom. The molecule has 2 aromatic rings. The third-order valence-electron chi connectivity index (χ3n) is 6.33. The number of likely N-dealkylation sites (tertiary alicyclic amines) is 1. The number of allylic oxidation sites excluding steroid dienone is 1. The topological polar surface area (TPSA) is 27.0 Å². The van der Waals surface area contributed by atoms with Crippen LogP contribution in [0.3, 0.4) is 0 Å². The molecule has 0 saturated carbocycles. The monoisotopic (exact) mass is 388 g/mol. The van der Waals surface area contributed by atoms with Crippen molar-refractivity contribution in [2.45, 2.75) is 39.0 Å². The Morgan fingerprint density at radius 3 is 2.66 bits per heavy atom. The van der Waals surface area contributed by atoms with Gasteiger partial charge < -0.3 is 4.90 Å². The number of hydrogen-bond acceptors (Lipinski definition) is 2.